The molecule has 106 valence electrons. The number of aliphatic hydroxyl groups excluding tert-OH is 1. The first-order chi connectivity index (χ1) is 9.20. The van der Waals surface area contributed by atoms with E-state index >= 15 is 0 Å². The van der Waals surface area contributed by atoms with Crippen molar-refractivity contribution < 1.29 is 19.3 Å². The molecule has 1 saturated heterocycles. The highest BCUT2D eigenvalue weighted by Gasteiger charge is 2.16. The van der Waals surface area contributed by atoms with E-state index in [0.29, 0.717) is 18.5 Å². The molecule has 1 aromatic carbocycles. The summed E-state index contributed by atoms with van der Waals surface area (Å²) in [5.41, 5.74) is 0.785. The minimum Gasteiger partial charge on any atom is -0.497 e. The summed E-state index contributed by atoms with van der Waals surface area (Å²) in [5.74, 6) is 1.42. The molecule has 1 aliphatic heterocycles. The van der Waals surface area contributed by atoms with Crippen LogP contribution in [-0.4, -0.2) is 31.5 Å². The summed E-state index contributed by atoms with van der Waals surface area (Å²) in [4.78, 5) is 0. The number of methoxy groups -OCH3 is 1. The maximum absolute atomic E-state index is 9.73. The molecular weight excluding hydrogens is 244 g/mol. The van der Waals surface area contributed by atoms with E-state index < -0.39 is 6.10 Å². The van der Waals surface area contributed by atoms with Gasteiger partial charge in [0, 0.05) is 24.7 Å². The summed E-state index contributed by atoms with van der Waals surface area (Å²) >= 11 is 0. The summed E-state index contributed by atoms with van der Waals surface area (Å²) in [6, 6.07) is 5.48. The molecule has 0 aliphatic carbocycles. The molecule has 0 bridgehead atoms. The minimum atomic E-state index is -0.552. The Morgan fingerprint density at radius 1 is 1.47 bits per heavy atom. The summed E-state index contributed by atoms with van der Waals surface area (Å²) in [5, 5.41) is 9.73. The first kappa shape index (κ1) is 14.2. The second kappa shape index (κ2) is 6.78. The van der Waals surface area contributed by atoms with Gasteiger partial charge in [-0.15, -0.1) is 0 Å². The van der Waals surface area contributed by atoms with E-state index in [-0.39, 0.29) is 0 Å². The van der Waals surface area contributed by atoms with Crippen molar-refractivity contribution in [3.63, 3.8) is 0 Å². The van der Waals surface area contributed by atoms with E-state index in [2.05, 4.69) is 0 Å². The van der Waals surface area contributed by atoms with Crippen LogP contribution in [0.4, 0.5) is 0 Å². The van der Waals surface area contributed by atoms with E-state index in [1.807, 2.05) is 18.2 Å². The smallest absolute Gasteiger partial charge is 0.128 e. The largest absolute Gasteiger partial charge is 0.497 e. The van der Waals surface area contributed by atoms with Gasteiger partial charge in [0.25, 0.3) is 0 Å². The Balaban J connectivity index is 1.96. The Kier molecular flexibility index (Phi) is 5.05. The molecule has 2 atom stereocenters. The number of hydrogen-bond acceptors (Lipinski definition) is 4. The van der Waals surface area contributed by atoms with Gasteiger partial charge in [0.15, 0.2) is 0 Å². The van der Waals surface area contributed by atoms with Crippen LogP contribution < -0.4 is 9.47 Å². The Labute approximate surface area is 114 Å². The lowest BCUT2D eigenvalue weighted by Crippen LogP contribution is -2.11. The van der Waals surface area contributed by atoms with Gasteiger partial charge in [0.2, 0.25) is 0 Å². The number of aliphatic hydroxyl groups is 1. The van der Waals surface area contributed by atoms with Gasteiger partial charge >= 0.3 is 0 Å². The highest BCUT2D eigenvalue weighted by Crippen LogP contribution is 2.30. The molecule has 4 nitrogen and oxygen atoms in total. The van der Waals surface area contributed by atoms with Crippen LogP contribution >= 0.6 is 0 Å². The number of ether oxygens (including phenoxy) is 3. The van der Waals surface area contributed by atoms with Crippen molar-refractivity contribution in [1.82, 2.24) is 0 Å². The van der Waals surface area contributed by atoms with Crippen LogP contribution in [0.5, 0.6) is 11.5 Å². The van der Waals surface area contributed by atoms with E-state index in [1.54, 1.807) is 14.0 Å². The Bertz CT molecular complexity index is 397. The van der Waals surface area contributed by atoms with Crippen LogP contribution in [0.25, 0.3) is 0 Å². The summed E-state index contributed by atoms with van der Waals surface area (Å²) in [7, 11) is 1.62. The Morgan fingerprint density at radius 2 is 2.32 bits per heavy atom. The lowest BCUT2D eigenvalue weighted by atomic mass is 10.1. The third-order valence-electron chi connectivity index (χ3n) is 3.39. The van der Waals surface area contributed by atoms with Crippen molar-refractivity contribution in [1.29, 1.82) is 0 Å². The fourth-order valence-electron chi connectivity index (χ4n) is 2.28. The summed E-state index contributed by atoms with van der Waals surface area (Å²) in [6.45, 7) is 3.19. The second-order valence-corrected chi connectivity index (χ2v) is 4.85. The third kappa shape index (κ3) is 3.85. The van der Waals surface area contributed by atoms with Crippen molar-refractivity contribution in [3.8, 4) is 11.5 Å². The van der Waals surface area contributed by atoms with E-state index in [9.17, 15) is 5.11 Å². The van der Waals surface area contributed by atoms with Gasteiger partial charge in [-0.2, -0.15) is 0 Å². The quantitative estimate of drug-likeness (QED) is 0.860. The molecule has 1 aromatic rings. The maximum Gasteiger partial charge on any atom is 0.128 e. The Hall–Kier alpha value is -1.26. The maximum atomic E-state index is 9.73. The van der Waals surface area contributed by atoms with Crippen molar-refractivity contribution in [2.24, 2.45) is 0 Å². The fraction of sp³-hybridized carbons (Fsp3) is 0.600. The van der Waals surface area contributed by atoms with Gasteiger partial charge in [-0.25, -0.2) is 0 Å². The standard InChI is InChI=1S/C15H22O4/c1-11(16)14-6-5-13(17-2)10-15(14)19-9-7-12-4-3-8-18-12/h5-6,10-12,16H,3-4,7-9H2,1-2H3/t11-,12?/m0/s1. The van der Waals surface area contributed by atoms with Crippen LogP contribution in [0.2, 0.25) is 0 Å². The van der Waals surface area contributed by atoms with E-state index in [1.165, 1.54) is 0 Å². The molecule has 0 radical (unpaired) electrons. The van der Waals surface area contributed by atoms with Crippen LogP contribution in [-0.2, 0) is 4.74 Å². The highest BCUT2D eigenvalue weighted by atomic mass is 16.5. The zero-order chi connectivity index (χ0) is 13.7. The predicted molar refractivity (Wildman–Crippen MR) is 72.7 cm³/mol. The number of rotatable bonds is 6. The molecule has 0 aromatic heterocycles. The monoisotopic (exact) mass is 266 g/mol. The van der Waals surface area contributed by atoms with Crippen LogP contribution in [0.1, 0.15) is 37.9 Å². The molecule has 1 unspecified atom stereocenters. The van der Waals surface area contributed by atoms with Gasteiger partial charge in [0.05, 0.1) is 25.9 Å². The number of benzene rings is 1. The molecule has 0 saturated carbocycles. The average Bonchev–Trinajstić information content (AvgIpc) is 2.91. The molecule has 1 aliphatic rings. The molecule has 1 fully saturated rings. The summed E-state index contributed by atoms with van der Waals surface area (Å²) < 4.78 is 16.5. The predicted octanol–water partition coefficient (Wildman–Crippen LogP) is 2.70. The Morgan fingerprint density at radius 3 is 2.95 bits per heavy atom. The molecule has 0 amide bonds. The lowest BCUT2D eigenvalue weighted by molar-refractivity contribution is 0.0896. The van der Waals surface area contributed by atoms with E-state index in [0.717, 1.165) is 37.2 Å². The first-order valence-electron chi connectivity index (χ1n) is 6.81. The molecule has 4 heteroatoms. The van der Waals surface area contributed by atoms with Crippen LogP contribution in [0, 0.1) is 0 Å². The zero-order valence-corrected chi connectivity index (χ0v) is 11.6. The zero-order valence-electron chi connectivity index (χ0n) is 11.6. The average molecular weight is 266 g/mol. The first-order valence-corrected chi connectivity index (χ1v) is 6.81. The van der Waals surface area contributed by atoms with Crippen molar-refractivity contribution in [3.05, 3.63) is 23.8 Å². The van der Waals surface area contributed by atoms with Crippen molar-refractivity contribution in [2.45, 2.75) is 38.4 Å². The topological polar surface area (TPSA) is 47.9 Å². The SMILES string of the molecule is COc1ccc([C@H](C)O)c(OCCC2CCCO2)c1. The van der Waals surface area contributed by atoms with Gasteiger partial charge in [0.1, 0.15) is 11.5 Å². The molecular formula is C15H22O4. The second-order valence-electron chi connectivity index (χ2n) is 4.85. The molecule has 2 rings (SSSR count). The number of hydrogen-bond donors (Lipinski definition) is 1. The van der Waals surface area contributed by atoms with Gasteiger partial charge in [-0.1, -0.05) is 0 Å². The van der Waals surface area contributed by atoms with Crippen LogP contribution in [0.15, 0.2) is 18.2 Å². The molecule has 0 spiro atoms. The minimum absolute atomic E-state index is 0.320. The molecule has 1 N–H and O–H groups in total. The molecule has 19 heavy (non-hydrogen) atoms. The van der Waals surface area contributed by atoms with Crippen molar-refractivity contribution >= 4 is 0 Å². The normalized spacial score (nSPS) is 20.3. The highest BCUT2D eigenvalue weighted by molar-refractivity contribution is 5.41. The molecule has 1 heterocycles. The third-order valence-corrected chi connectivity index (χ3v) is 3.39. The van der Waals surface area contributed by atoms with E-state index in [4.69, 9.17) is 14.2 Å². The fourth-order valence-corrected chi connectivity index (χ4v) is 2.28. The van der Waals surface area contributed by atoms with Gasteiger partial charge < -0.3 is 19.3 Å². The van der Waals surface area contributed by atoms with Crippen molar-refractivity contribution in [2.75, 3.05) is 20.3 Å². The summed E-state index contributed by atoms with van der Waals surface area (Å²) in [6.07, 6.45) is 2.91. The lowest BCUT2D eigenvalue weighted by Gasteiger charge is -2.16. The van der Waals surface area contributed by atoms with Gasteiger partial charge in [-0.05, 0) is 31.9 Å². The van der Waals surface area contributed by atoms with Gasteiger partial charge in [-0.3, -0.25) is 0 Å². The van der Waals surface area contributed by atoms with Crippen LogP contribution in [0.3, 0.4) is 0 Å².